The molecule has 0 atom stereocenters. The minimum atomic E-state index is 0.00164. The van der Waals surface area contributed by atoms with Gasteiger partial charge >= 0.3 is 0 Å². The molecule has 6 heteroatoms. The van der Waals surface area contributed by atoms with E-state index in [0.717, 1.165) is 66.1 Å². The molecule has 0 amide bonds. The number of nitrogens with one attached hydrogen (secondary N) is 1. The molecule has 0 unspecified atom stereocenters. The second-order valence-corrected chi connectivity index (χ2v) is 7.37. The maximum Gasteiger partial charge on any atom is 0.132 e. The van der Waals surface area contributed by atoms with E-state index in [9.17, 15) is 0 Å². The van der Waals surface area contributed by atoms with Gasteiger partial charge < -0.3 is 9.64 Å². The highest BCUT2D eigenvalue weighted by Crippen LogP contribution is 2.40. The minimum absolute atomic E-state index is 0.00164. The van der Waals surface area contributed by atoms with E-state index in [2.05, 4.69) is 52.0 Å². The lowest BCUT2D eigenvalue weighted by Crippen LogP contribution is -2.19. The number of aromatic nitrogens is 4. The molecule has 1 aliphatic rings. The number of ether oxygens (including phenoxy) is 1. The second kappa shape index (κ2) is 6.59. The predicted octanol–water partition coefficient (Wildman–Crippen LogP) is 4.19. The summed E-state index contributed by atoms with van der Waals surface area (Å²) in [5, 5.41) is 8.61. The summed E-state index contributed by atoms with van der Waals surface area (Å²) in [6.45, 7) is 5.32. The highest BCUT2D eigenvalue weighted by Gasteiger charge is 2.40. The van der Waals surface area contributed by atoms with Gasteiger partial charge in [-0.1, -0.05) is 13.3 Å². The van der Waals surface area contributed by atoms with Gasteiger partial charge in [-0.2, -0.15) is 5.10 Å². The van der Waals surface area contributed by atoms with Gasteiger partial charge in [0, 0.05) is 25.0 Å². The van der Waals surface area contributed by atoms with E-state index in [1.807, 2.05) is 18.2 Å². The maximum absolute atomic E-state index is 6.10. The largest absolute Gasteiger partial charge is 0.488 e. The third-order valence-corrected chi connectivity index (χ3v) is 4.99. The normalized spacial score (nSPS) is 15.2. The van der Waals surface area contributed by atoms with Crippen LogP contribution in [0.5, 0.6) is 5.75 Å². The Bertz CT molecular complexity index is 915. The van der Waals surface area contributed by atoms with Crippen molar-refractivity contribution in [2.45, 2.75) is 45.1 Å². The highest BCUT2D eigenvalue weighted by atomic mass is 16.5. The summed E-state index contributed by atoms with van der Waals surface area (Å²) in [5.41, 5.74) is 2.63. The Morgan fingerprint density at radius 1 is 1.23 bits per heavy atom. The number of H-pyrrole nitrogens is 1. The van der Waals surface area contributed by atoms with Crippen LogP contribution in [-0.4, -0.2) is 39.4 Å². The number of aromatic amines is 1. The molecule has 1 aliphatic carbocycles. The van der Waals surface area contributed by atoms with Crippen LogP contribution in [0.2, 0.25) is 0 Å². The Hall–Kier alpha value is -2.63. The Morgan fingerprint density at radius 2 is 2.08 bits per heavy atom. The van der Waals surface area contributed by atoms with Crippen molar-refractivity contribution in [3.63, 3.8) is 0 Å². The smallest absolute Gasteiger partial charge is 0.132 e. The zero-order valence-electron chi connectivity index (χ0n) is 15.6. The van der Waals surface area contributed by atoms with Gasteiger partial charge in [0.2, 0.25) is 0 Å². The summed E-state index contributed by atoms with van der Waals surface area (Å²) in [6.07, 6.45) is 6.14. The minimum Gasteiger partial charge on any atom is -0.488 e. The van der Waals surface area contributed by atoms with Crippen molar-refractivity contribution >= 4 is 16.7 Å². The number of benzene rings is 1. The fourth-order valence-corrected chi connectivity index (χ4v) is 3.01. The molecule has 26 heavy (non-hydrogen) atoms. The van der Waals surface area contributed by atoms with Gasteiger partial charge in [-0.15, -0.1) is 0 Å². The molecule has 1 N–H and O–H groups in total. The van der Waals surface area contributed by atoms with Crippen molar-refractivity contribution < 1.29 is 4.74 Å². The first-order chi connectivity index (χ1) is 12.6. The van der Waals surface area contributed by atoms with Crippen LogP contribution in [-0.2, 0) is 0 Å². The van der Waals surface area contributed by atoms with Gasteiger partial charge in [-0.25, -0.2) is 9.97 Å². The van der Waals surface area contributed by atoms with Crippen LogP contribution in [0, 0.1) is 0 Å². The molecule has 0 saturated heterocycles. The standard InChI is InChI=1S/C20H25N5O/c1-4-5-10-25(3)18-12-17(21-13-22-18)19-15-11-14(26-20(2)8-9-20)6-7-16(15)23-24-19/h6-7,11-13H,4-5,8-10H2,1-3H3,(H,23,24). The molecule has 0 bridgehead atoms. The first-order valence-corrected chi connectivity index (χ1v) is 9.29. The molecule has 1 saturated carbocycles. The van der Waals surface area contributed by atoms with E-state index in [0.29, 0.717) is 0 Å². The van der Waals surface area contributed by atoms with Gasteiger partial charge in [0.25, 0.3) is 0 Å². The van der Waals surface area contributed by atoms with E-state index in [4.69, 9.17) is 4.74 Å². The Kier molecular flexibility index (Phi) is 4.26. The summed E-state index contributed by atoms with van der Waals surface area (Å²) < 4.78 is 6.10. The highest BCUT2D eigenvalue weighted by molar-refractivity contribution is 5.93. The van der Waals surface area contributed by atoms with Gasteiger partial charge in [0.05, 0.1) is 11.2 Å². The van der Waals surface area contributed by atoms with Crippen molar-refractivity contribution in [3.05, 3.63) is 30.6 Å². The number of hydrogen-bond acceptors (Lipinski definition) is 5. The van der Waals surface area contributed by atoms with Crippen molar-refractivity contribution in [3.8, 4) is 17.1 Å². The average molecular weight is 351 g/mol. The van der Waals surface area contributed by atoms with Crippen LogP contribution < -0.4 is 9.64 Å². The van der Waals surface area contributed by atoms with E-state index in [1.54, 1.807) is 6.33 Å². The topological polar surface area (TPSA) is 66.9 Å². The van der Waals surface area contributed by atoms with Crippen LogP contribution in [0.15, 0.2) is 30.6 Å². The third kappa shape index (κ3) is 3.36. The molecule has 0 aliphatic heterocycles. The Balaban J connectivity index is 1.66. The van der Waals surface area contributed by atoms with E-state index in [-0.39, 0.29) is 5.60 Å². The zero-order valence-corrected chi connectivity index (χ0v) is 15.6. The zero-order chi connectivity index (χ0) is 18.1. The van der Waals surface area contributed by atoms with Crippen LogP contribution in [0.1, 0.15) is 39.5 Å². The SMILES string of the molecule is CCCCN(C)c1cc(-c2n[nH]c3ccc(OC4(C)CC4)cc23)ncn1. The van der Waals surface area contributed by atoms with Gasteiger partial charge in [0.15, 0.2) is 0 Å². The number of rotatable bonds is 7. The number of anilines is 1. The summed E-state index contributed by atoms with van der Waals surface area (Å²) in [4.78, 5) is 11.0. The summed E-state index contributed by atoms with van der Waals surface area (Å²) in [5.74, 6) is 1.80. The van der Waals surface area contributed by atoms with Crippen LogP contribution in [0.4, 0.5) is 5.82 Å². The molecule has 1 fully saturated rings. The van der Waals surface area contributed by atoms with Crippen molar-refractivity contribution in [1.82, 2.24) is 20.2 Å². The van der Waals surface area contributed by atoms with Crippen LogP contribution >= 0.6 is 0 Å². The van der Waals surface area contributed by atoms with Crippen molar-refractivity contribution in [2.75, 3.05) is 18.5 Å². The average Bonchev–Trinajstić information content (AvgIpc) is 3.22. The monoisotopic (exact) mass is 351 g/mol. The molecule has 2 aromatic heterocycles. The quantitative estimate of drug-likeness (QED) is 0.691. The summed E-state index contributed by atoms with van der Waals surface area (Å²) in [6, 6.07) is 8.07. The lowest BCUT2D eigenvalue weighted by Gasteiger charge is -2.17. The van der Waals surface area contributed by atoms with E-state index >= 15 is 0 Å². The maximum atomic E-state index is 6.10. The first-order valence-electron chi connectivity index (χ1n) is 9.29. The van der Waals surface area contributed by atoms with Gasteiger partial charge in [-0.05, 0) is 44.4 Å². The van der Waals surface area contributed by atoms with Crippen molar-refractivity contribution in [2.24, 2.45) is 0 Å². The first kappa shape index (κ1) is 16.8. The summed E-state index contributed by atoms with van der Waals surface area (Å²) in [7, 11) is 2.06. The molecule has 0 spiro atoms. The molecule has 136 valence electrons. The van der Waals surface area contributed by atoms with Crippen LogP contribution in [0.3, 0.4) is 0 Å². The fraction of sp³-hybridized carbons (Fsp3) is 0.450. The lowest BCUT2D eigenvalue weighted by atomic mass is 10.1. The molecule has 1 aromatic carbocycles. The molecule has 0 radical (unpaired) electrons. The summed E-state index contributed by atoms with van der Waals surface area (Å²) >= 11 is 0. The Labute approximate surface area is 153 Å². The van der Waals surface area contributed by atoms with Crippen LogP contribution in [0.25, 0.3) is 22.3 Å². The van der Waals surface area contributed by atoms with Gasteiger partial charge in [0.1, 0.15) is 29.2 Å². The Morgan fingerprint density at radius 3 is 2.85 bits per heavy atom. The predicted molar refractivity (Wildman–Crippen MR) is 104 cm³/mol. The van der Waals surface area contributed by atoms with E-state index < -0.39 is 0 Å². The molecule has 2 heterocycles. The number of fused-ring (bicyclic) bond motifs is 1. The van der Waals surface area contributed by atoms with Gasteiger partial charge in [-0.3, -0.25) is 5.10 Å². The number of hydrogen-bond donors (Lipinski definition) is 1. The second-order valence-electron chi connectivity index (χ2n) is 7.37. The number of unbranched alkanes of at least 4 members (excludes halogenated alkanes) is 1. The number of nitrogens with zero attached hydrogens (tertiary/aromatic N) is 4. The fourth-order valence-electron chi connectivity index (χ4n) is 3.01. The third-order valence-electron chi connectivity index (χ3n) is 4.99. The molecular formula is C20H25N5O. The lowest BCUT2D eigenvalue weighted by molar-refractivity contribution is 0.200. The molecule has 3 aromatic rings. The van der Waals surface area contributed by atoms with Crippen molar-refractivity contribution in [1.29, 1.82) is 0 Å². The molecule has 6 nitrogen and oxygen atoms in total. The molecular weight excluding hydrogens is 326 g/mol. The van der Waals surface area contributed by atoms with E-state index in [1.165, 1.54) is 0 Å². The molecule has 4 rings (SSSR count).